The summed E-state index contributed by atoms with van der Waals surface area (Å²) in [5.74, 6) is -0.998. The van der Waals surface area contributed by atoms with Crippen molar-refractivity contribution in [3.05, 3.63) is 71.3 Å². The summed E-state index contributed by atoms with van der Waals surface area (Å²) >= 11 is 0. The fourth-order valence-electron chi connectivity index (χ4n) is 3.52. The molecule has 1 unspecified atom stereocenters. The Morgan fingerprint density at radius 2 is 1.58 bits per heavy atom. The van der Waals surface area contributed by atoms with Crippen molar-refractivity contribution in [2.24, 2.45) is 5.92 Å². The lowest BCUT2D eigenvalue weighted by molar-refractivity contribution is -0.148. The Hall–Kier alpha value is -3.03. The fraction of sp³-hybridized carbons (Fsp3) is 0.375. The molecule has 2 aromatic carbocycles. The van der Waals surface area contributed by atoms with Crippen molar-refractivity contribution in [1.82, 2.24) is 10.2 Å². The molecule has 2 amide bonds. The molecule has 0 bridgehead atoms. The number of β-amino-alcohol motifs (C(OH)–C–C–N with tert-alkyl or cyclic N) is 1. The van der Waals surface area contributed by atoms with E-state index >= 15 is 0 Å². The van der Waals surface area contributed by atoms with Gasteiger partial charge in [0.15, 0.2) is 0 Å². The van der Waals surface area contributed by atoms with Crippen molar-refractivity contribution in [2.45, 2.75) is 39.0 Å². The number of aliphatic hydroxyl groups excluding tert-OH is 1. The number of rotatable bonds is 10. The highest BCUT2D eigenvalue weighted by molar-refractivity contribution is 6.21. The molecule has 2 atom stereocenters. The van der Waals surface area contributed by atoms with Crippen LogP contribution in [0.3, 0.4) is 0 Å². The van der Waals surface area contributed by atoms with E-state index in [1.54, 1.807) is 24.3 Å². The molecular formula is C24H28N2O5. The quantitative estimate of drug-likeness (QED) is 0.449. The van der Waals surface area contributed by atoms with Crippen LogP contribution >= 0.6 is 0 Å². The Labute approximate surface area is 182 Å². The lowest BCUT2D eigenvalue weighted by Crippen LogP contribution is -2.46. The van der Waals surface area contributed by atoms with Gasteiger partial charge < -0.3 is 15.2 Å². The third-order valence-corrected chi connectivity index (χ3v) is 5.09. The molecule has 1 aliphatic heterocycles. The highest BCUT2D eigenvalue weighted by Gasteiger charge is 2.36. The van der Waals surface area contributed by atoms with Crippen LogP contribution in [-0.2, 0) is 16.1 Å². The number of amides is 2. The minimum atomic E-state index is -1.02. The van der Waals surface area contributed by atoms with Crippen molar-refractivity contribution in [2.75, 3.05) is 13.1 Å². The van der Waals surface area contributed by atoms with Crippen LogP contribution in [-0.4, -0.2) is 53.0 Å². The molecule has 3 rings (SSSR count). The van der Waals surface area contributed by atoms with Gasteiger partial charge in [0, 0.05) is 6.54 Å². The molecule has 0 saturated heterocycles. The number of esters is 1. The average molecular weight is 424 g/mol. The molecule has 0 radical (unpaired) electrons. The maximum absolute atomic E-state index is 12.6. The molecular weight excluding hydrogens is 396 g/mol. The Morgan fingerprint density at radius 1 is 1.00 bits per heavy atom. The predicted molar refractivity (Wildman–Crippen MR) is 115 cm³/mol. The standard InChI is InChI=1S/C24H28N2O5/c1-16(2)12-21(24(30)31-15-17-8-4-3-5-9-17)25-13-18(27)14-26-22(28)19-10-6-7-11-20(19)23(26)29/h3-11,16,18,21,25,27H,12-15H2,1-2H3/t18?,21-/m0/s1. The van der Waals surface area contributed by atoms with Crippen molar-refractivity contribution in [1.29, 1.82) is 0 Å². The minimum absolute atomic E-state index is 0.0469. The first-order valence-corrected chi connectivity index (χ1v) is 10.4. The van der Waals surface area contributed by atoms with Gasteiger partial charge in [-0.1, -0.05) is 56.3 Å². The number of fused-ring (bicyclic) bond motifs is 1. The van der Waals surface area contributed by atoms with Crippen molar-refractivity contribution < 1.29 is 24.2 Å². The first kappa shape index (κ1) is 22.7. The van der Waals surface area contributed by atoms with Crippen LogP contribution in [0.2, 0.25) is 0 Å². The van der Waals surface area contributed by atoms with Gasteiger partial charge in [0.05, 0.1) is 23.8 Å². The van der Waals surface area contributed by atoms with Gasteiger partial charge in [-0.3, -0.25) is 19.3 Å². The summed E-state index contributed by atoms with van der Waals surface area (Å²) in [7, 11) is 0. The van der Waals surface area contributed by atoms with Crippen molar-refractivity contribution in [3.8, 4) is 0 Å². The van der Waals surface area contributed by atoms with E-state index in [4.69, 9.17) is 4.74 Å². The van der Waals surface area contributed by atoms with Crippen LogP contribution in [0.5, 0.6) is 0 Å². The number of aliphatic hydroxyl groups is 1. The maximum Gasteiger partial charge on any atom is 0.323 e. The average Bonchev–Trinajstić information content (AvgIpc) is 3.00. The number of nitrogens with zero attached hydrogens (tertiary/aromatic N) is 1. The lowest BCUT2D eigenvalue weighted by Gasteiger charge is -2.23. The second-order valence-corrected chi connectivity index (χ2v) is 8.10. The molecule has 31 heavy (non-hydrogen) atoms. The van der Waals surface area contributed by atoms with E-state index in [0.29, 0.717) is 17.5 Å². The molecule has 1 heterocycles. The maximum atomic E-state index is 12.6. The molecule has 1 aliphatic rings. The first-order chi connectivity index (χ1) is 14.9. The van der Waals surface area contributed by atoms with Crippen LogP contribution in [0.1, 0.15) is 46.5 Å². The van der Waals surface area contributed by atoms with E-state index in [0.717, 1.165) is 10.5 Å². The second-order valence-electron chi connectivity index (χ2n) is 8.10. The summed E-state index contributed by atoms with van der Waals surface area (Å²) in [6.07, 6.45) is -0.480. The van der Waals surface area contributed by atoms with Gasteiger partial charge in [0.1, 0.15) is 12.6 Å². The van der Waals surface area contributed by atoms with Gasteiger partial charge in [0.25, 0.3) is 11.8 Å². The zero-order valence-corrected chi connectivity index (χ0v) is 17.8. The van der Waals surface area contributed by atoms with E-state index in [-0.39, 0.29) is 25.6 Å². The smallest absolute Gasteiger partial charge is 0.323 e. The van der Waals surface area contributed by atoms with Gasteiger partial charge in [-0.15, -0.1) is 0 Å². The number of nitrogens with one attached hydrogen (secondary N) is 1. The number of carbonyl (C=O) groups is 3. The van der Waals surface area contributed by atoms with E-state index in [2.05, 4.69) is 5.32 Å². The third-order valence-electron chi connectivity index (χ3n) is 5.09. The SMILES string of the molecule is CC(C)C[C@H](NCC(O)CN1C(=O)c2ccccc2C1=O)C(=O)OCc1ccccc1. The van der Waals surface area contributed by atoms with E-state index in [1.807, 2.05) is 44.2 Å². The number of hydrogen-bond acceptors (Lipinski definition) is 6. The molecule has 2 N–H and O–H groups in total. The highest BCUT2D eigenvalue weighted by atomic mass is 16.5. The molecule has 7 heteroatoms. The largest absolute Gasteiger partial charge is 0.460 e. The molecule has 2 aromatic rings. The molecule has 7 nitrogen and oxygen atoms in total. The number of hydrogen-bond donors (Lipinski definition) is 2. The highest BCUT2D eigenvalue weighted by Crippen LogP contribution is 2.22. The summed E-state index contributed by atoms with van der Waals surface area (Å²) in [4.78, 5) is 38.5. The Balaban J connectivity index is 1.54. The normalized spacial score (nSPS) is 15.2. The van der Waals surface area contributed by atoms with E-state index in [1.165, 1.54) is 0 Å². The second kappa shape index (κ2) is 10.3. The molecule has 0 saturated carbocycles. The summed E-state index contributed by atoms with van der Waals surface area (Å²) in [6, 6.07) is 15.4. The van der Waals surface area contributed by atoms with Crippen molar-refractivity contribution >= 4 is 17.8 Å². The Morgan fingerprint density at radius 3 is 2.16 bits per heavy atom. The lowest BCUT2D eigenvalue weighted by atomic mass is 10.0. The number of benzene rings is 2. The van der Waals surface area contributed by atoms with Crippen LogP contribution in [0.25, 0.3) is 0 Å². The molecule has 0 aromatic heterocycles. The van der Waals surface area contributed by atoms with E-state index < -0.39 is 29.9 Å². The molecule has 0 spiro atoms. The van der Waals surface area contributed by atoms with Crippen LogP contribution in [0.15, 0.2) is 54.6 Å². The number of carbonyl (C=O) groups excluding carboxylic acids is 3. The monoisotopic (exact) mass is 424 g/mol. The topological polar surface area (TPSA) is 95.9 Å². The van der Waals surface area contributed by atoms with E-state index in [9.17, 15) is 19.5 Å². The summed E-state index contributed by atoms with van der Waals surface area (Å²) in [5, 5.41) is 13.5. The summed E-state index contributed by atoms with van der Waals surface area (Å²) in [6.45, 7) is 4.06. The van der Waals surface area contributed by atoms with Gasteiger partial charge in [-0.05, 0) is 30.0 Å². The zero-order chi connectivity index (χ0) is 22.4. The third kappa shape index (κ3) is 5.77. The molecule has 164 valence electrons. The number of imide groups is 1. The summed E-state index contributed by atoms with van der Waals surface area (Å²) in [5.41, 5.74) is 1.58. The summed E-state index contributed by atoms with van der Waals surface area (Å²) < 4.78 is 5.43. The van der Waals surface area contributed by atoms with Crippen LogP contribution in [0.4, 0.5) is 0 Å². The van der Waals surface area contributed by atoms with Crippen LogP contribution < -0.4 is 5.32 Å². The van der Waals surface area contributed by atoms with Gasteiger partial charge >= 0.3 is 5.97 Å². The molecule has 0 fully saturated rings. The Kier molecular flexibility index (Phi) is 7.55. The Bertz CT molecular complexity index is 894. The number of ether oxygens (including phenoxy) is 1. The van der Waals surface area contributed by atoms with Gasteiger partial charge in [-0.2, -0.15) is 0 Å². The first-order valence-electron chi connectivity index (χ1n) is 10.4. The predicted octanol–water partition coefficient (Wildman–Crippen LogP) is 2.39. The van der Waals surface area contributed by atoms with Crippen molar-refractivity contribution in [3.63, 3.8) is 0 Å². The zero-order valence-electron chi connectivity index (χ0n) is 17.8. The van der Waals surface area contributed by atoms with Gasteiger partial charge in [-0.25, -0.2) is 0 Å². The minimum Gasteiger partial charge on any atom is -0.460 e. The fourth-order valence-corrected chi connectivity index (χ4v) is 3.52. The molecule has 0 aliphatic carbocycles. The van der Waals surface area contributed by atoms with Crippen LogP contribution in [0, 0.1) is 5.92 Å². The van der Waals surface area contributed by atoms with Gasteiger partial charge in [0.2, 0.25) is 0 Å².